The van der Waals surface area contributed by atoms with E-state index in [-0.39, 0.29) is 17.9 Å². The second kappa shape index (κ2) is 7.94. The van der Waals surface area contributed by atoms with E-state index in [1.807, 2.05) is 35.2 Å². The van der Waals surface area contributed by atoms with Gasteiger partial charge in [-0.25, -0.2) is 4.98 Å². The second-order valence-electron chi connectivity index (χ2n) is 7.66. The minimum atomic E-state index is -0.0600. The van der Waals surface area contributed by atoms with Crippen molar-refractivity contribution in [2.75, 3.05) is 20.2 Å². The number of H-pyrrole nitrogens is 1. The number of hydrogen-bond donors (Lipinski definition) is 1. The zero-order chi connectivity index (χ0) is 20.5. The maximum atomic E-state index is 13.1. The van der Waals surface area contributed by atoms with Gasteiger partial charge in [-0.2, -0.15) is 5.10 Å². The molecule has 0 radical (unpaired) electrons. The van der Waals surface area contributed by atoms with E-state index in [1.165, 1.54) is 0 Å². The van der Waals surface area contributed by atoms with Crippen LogP contribution in [0.1, 0.15) is 55.0 Å². The van der Waals surface area contributed by atoms with Gasteiger partial charge in [-0.1, -0.05) is 18.2 Å². The van der Waals surface area contributed by atoms with Crippen LogP contribution in [0.5, 0.6) is 5.88 Å². The van der Waals surface area contributed by atoms with Gasteiger partial charge in [0.15, 0.2) is 4.77 Å². The number of hydrogen-bond acceptors (Lipinski definition) is 5. The Morgan fingerprint density at radius 1 is 1.28 bits per heavy atom. The summed E-state index contributed by atoms with van der Waals surface area (Å²) in [5.41, 5.74) is 0.420. The molecule has 3 heterocycles. The molecule has 1 aromatic carbocycles. The number of aromatic amines is 1. The Hall–Kier alpha value is -2.74. The topological polar surface area (TPSA) is 76.0 Å². The number of piperidine rings is 1. The van der Waals surface area contributed by atoms with Gasteiger partial charge < -0.3 is 14.2 Å². The fraction of sp³-hybridized carbons (Fsp3) is 0.429. The fourth-order valence-corrected chi connectivity index (χ4v) is 4.39. The number of nitrogens with one attached hydrogen (secondary N) is 1. The number of benzene rings is 1. The number of pyridine rings is 1. The molecule has 0 aliphatic carbocycles. The van der Waals surface area contributed by atoms with E-state index in [1.54, 1.807) is 7.11 Å². The molecule has 2 aromatic heterocycles. The Morgan fingerprint density at radius 3 is 2.69 bits per heavy atom. The monoisotopic (exact) mass is 411 g/mol. The number of likely N-dealkylation sites (tertiary alicyclic amines) is 1. The molecule has 7 nitrogen and oxygen atoms in total. The third kappa shape index (κ3) is 3.64. The first-order valence-corrected chi connectivity index (χ1v) is 10.3. The van der Waals surface area contributed by atoms with Gasteiger partial charge in [0.2, 0.25) is 5.88 Å². The number of ether oxygens (including phenoxy) is 1. The molecule has 0 spiro atoms. The fourth-order valence-electron chi connectivity index (χ4n) is 4.04. The van der Waals surface area contributed by atoms with E-state index in [0.717, 1.165) is 29.4 Å². The molecule has 1 fully saturated rings. The lowest BCUT2D eigenvalue weighted by Gasteiger charge is -2.32. The van der Waals surface area contributed by atoms with Crippen LogP contribution in [0.25, 0.3) is 10.8 Å². The van der Waals surface area contributed by atoms with Gasteiger partial charge in [0, 0.05) is 30.4 Å². The van der Waals surface area contributed by atoms with E-state index in [4.69, 9.17) is 17.0 Å². The van der Waals surface area contributed by atoms with Gasteiger partial charge in [-0.05, 0) is 56.4 Å². The molecular formula is C21H25N5O2S. The maximum absolute atomic E-state index is 13.1. The minimum Gasteiger partial charge on any atom is -0.481 e. The van der Waals surface area contributed by atoms with Crippen LogP contribution >= 0.6 is 12.2 Å². The highest BCUT2D eigenvalue weighted by Crippen LogP contribution is 2.30. The number of methoxy groups -OCH3 is 1. The molecule has 152 valence electrons. The molecule has 4 rings (SSSR count). The Labute approximate surface area is 174 Å². The standard InChI is InChI=1S/C21H25N5O2S/c1-13(2)26-18(23-24-21(26)29)14-8-10-25(11-9-14)20(27)17-12-15-6-4-5-7-16(15)19(22-17)28-3/h4-7,12-14H,8-11H2,1-3H3,(H,24,29). The first-order valence-electron chi connectivity index (χ1n) is 9.89. The van der Waals surface area contributed by atoms with Crippen molar-refractivity contribution in [3.8, 4) is 5.88 Å². The third-order valence-electron chi connectivity index (χ3n) is 5.51. The first kappa shape index (κ1) is 19.6. The highest BCUT2D eigenvalue weighted by Gasteiger charge is 2.29. The second-order valence-corrected chi connectivity index (χ2v) is 8.04. The lowest BCUT2D eigenvalue weighted by atomic mass is 9.95. The molecule has 1 amide bonds. The molecule has 8 heteroatoms. The molecule has 0 atom stereocenters. The summed E-state index contributed by atoms with van der Waals surface area (Å²) in [6, 6.07) is 9.90. The van der Waals surface area contributed by atoms with Crippen molar-refractivity contribution in [1.29, 1.82) is 0 Å². The van der Waals surface area contributed by atoms with Gasteiger partial charge >= 0.3 is 0 Å². The van der Waals surface area contributed by atoms with Crippen LogP contribution in [0.3, 0.4) is 0 Å². The van der Waals surface area contributed by atoms with Crippen molar-refractivity contribution in [3.05, 3.63) is 46.6 Å². The molecule has 3 aromatic rings. The molecular weight excluding hydrogens is 386 g/mol. The minimum absolute atomic E-state index is 0.0600. The van der Waals surface area contributed by atoms with Crippen LogP contribution in [0, 0.1) is 4.77 Å². The summed E-state index contributed by atoms with van der Waals surface area (Å²) >= 11 is 5.37. The number of amides is 1. The van der Waals surface area contributed by atoms with Gasteiger partial charge in [-0.15, -0.1) is 0 Å². The number of carbonyl (C=O) groups is 1. The predicted octanol–water partition coefficient (Wildman–Crippen LogP) is 4.10. The van der Waals surface area contributed by atoms with Crippen molar-refractivity contribution in [3.63, 3.8) is 0 Å². The molecule has 1 aliphatic rings. The summed E-state index contributed by atoms with van der Waals surface area (Å²) in [4.78, 5) is 19.4. The van der Waals surface area contributed by atoms with Crippen molar-refractivity contribution in [1.82, 2.24) is 24.6 Å². The van der Waals surface area contributed by atoms with Crippen LogP contribution < -0.4 is 4.74 Å². The van der Waals surface area contributed by atoms with Crippen molar-refractivity contribution < 1.29 is 9.53 Å². The van der Waals surface area contributed by atoms with Gasteiger partial charge in [-0.3, -0.25) is 9.89 Å². The summed E-state index contributed by atoms with van der Waals surface area (Å²) < 4.78 is 8.14. The number of carbonyl (C=O) groups excluding carboxylic acids is 1. The lowest BCUT2D eigenvalue weighted by Crippen LogP contribution is -2.38. The van der Waals surface area contributed by atoms with Gasteiger partial charge in [0.25, 0.3) is 5.91 Å². The molecule has 1 aliphatic heterocycles. The first-order chi connectivity index (χ1) is 14.0. The third-order valence-corrected chi connectivity index (χ3v) is 5.80. The molecule has 29 heavy (non-hydrogen) atoms. The molecule has 0 saturated carbocycles. The normalized spacial score (nSPS) is 15.2. The molecule has 0 unspecified atom stereocenters. The number of nitrogens with zero attached hydrogens (tertiary/aromatic N) is 4. The van der Waals surface area contributed by atoms with E-state index >= 15 is 0 Å². The molecule has 1 saturated heterocycles. The summed E-state index contributed by atoms with van der Waals surface area (Å²) in [6.45, 7) is 5.54. The average Bonchev–Trinajstić information content (AvgIpc) is 3.14. The number of aromatic nitrogens is 4. The summed E-state index contributed by atoms with van der Waals surface area (Å²) in [7, 11) is 1.58. The largest absolute Gasteiger partial charge is 0.481 e. The van der Waals surface area contributed by atoms with Crippen LogP contribution in [0.4, 0.5) is 0 Å². The van der Waals surface area contributed by atoms with Gasteiger partial charge in [0.05, 0.1) is 7.11 Å². The van der Waals surface area contributed by atoms with Crippen LogP contribution in [0.2, 0.25) is 0 Å². The van der Waals surface area contributed by atoms with Crippen LogP contribution in [-0.4, -0.2) is 50.8 Å². The number of fused-ring (bicyclic) bond motifs is 1. The summed E-state index contributed by atoms with van der Waals surface area (Å²) in [5, 5.41) is 9.23. The summed E-state index contributed by atoms with van der Waals surface area (Å²) in [6.07, 6.45) is 1.70. The van der Waals surface area contributed by atoms with Crippen molar-refractivity contribution >= 4 is 28.9 Å². The Balaban J connectivity index is 1.53. The summed E-state index contributed by atoms with van der Waals surface area (Å²) in [5.74, 6) is 1.69. The van der Waals surface area contributed by atoms with Crippen LogP contribution in [-0.2, 0) is 0 Å². The van der Waals surface area contributed by atoms with E-state index in [9.17, 15) is 4.79 Å². The van der Waals surface area contributed by atoms with E-state index in [0.29, 0.717) is 29.4 Å². The Morgan fingerprint density at radius 2 is 2.00 bits per heavy atom. The predicted molar refractivity (Wildman–Crippen MR) is 114 cm³/mol. The van der Waals surface area contributed by atoms with E-state index in [2.05, 4.69) is 33.6 Å². The lowest BCUT2D eigenvalue weighted by molar-refractivity contribution is 0.0703. The Bertz CT molecular complexity index is 1100. The zero-order valence-corrected chi connectivity index (χ0v) is 17.7. The highest BCUT2D eigenvalue weighted by molar-refractivity contribution is 7.71. The maximum Gasteiger partial charge on any atom is 0.272 e. The molecule has 0 bridgehead atoms. The smallest absolute Gasteiger partial charge is 0.272 e. The average molecular weight is 412 g/mol. The highest BCUT2D eigenvalue weighted by atomic mass is 32.1. The van der Waals surface area contributed by atoms with Gasteiger partial charge in [0.1, 0.15) is 11.5 Å². The SMILES string of the molecule is COc1nc(C(=O)N2CCC(c3n[nH]c(=S)n3C(C)C)CC2)cc2ccccc12. The molecule has 1 N–H and O–H groups in total. The Kier molecular flexibility index (Phi) is 5.36. The zero-order valence-electron chi connectivity index (χ0n) is 16.9. The van der Waals surface area contributed by atoms with Crippen LogP contribution in [0.15, 0.2) is 30.3 Å². The number of rotatable bonds is 4. The quantitative estimate of drug-likeness (QED) is 0.654. The van der Waals surface area contributed by atoms with Crippen molar-refractivity contribution in [2.24, 2.45) is 0 Å². The van der Waals surface area contributed by atoms with E-state index < -0.39 is 0 Å². The van der Waals surface area contributed by atoms with Crippen molar-refractivity contribution in [2.45, 2.75) is 38.6 Å².